The van der Waals surface area contributed by atoms with E-state index in [-0.39, 0.29) is 29.4 Å². The van der Waals surface area contributed by atoms with Gasteiger partial charge in [0.1, 0.15) is 5.75 Å². The Morgan fingerprint density at radius 2 is 1.58 bits per heavy atom. The highest BCUT2D eigenvalue weighted by atomic mass is 32.2. The summed E-state index contributed by atoms with van der Waals surface area (Å²) in [5.41, 5.74) is 3.74. The van der Waals surface area contributed by atoms with Gasteiger partial charge in [-0.25, -0.2) is 13.1 Å². The van der Waals surface area contributed by atoms with Crippen molar-refractivity contribution in [2.45, 2.75) is 44.6 Å². The van der Waals surface area contributed by atoms with Gasteiger partial charge in [-0.2, -0.15) is 0 Å². The zero-order valence-electron chi connectivity index (χ0n) is 19.3. The minimum atomic E-state index is -3.70. The molecule has 33 heavy (non-hydrogen) atoms. The fourth-order valence-electron chi connectivity index (χ4n) is 3.49. The number of nitrogens with one attached hydrogen (secondary N) is 2. The second-order valence-corrected chi connectivity index (χ2v) is 9.97. The highest BCUT2D eigenvalue weighted by molar-refractivity contribution is 7.89. The Hall–Kier alpha value is -3.16. The fourth-order valence-corrected chi connectivity index (χ4v) is 4.72. The molecule has 3 rings (SSSR count). The maximum atomic E-state index is 12.7. The number of benzene rings is 3. The van der Waals surface area contributed by atoms with Crippen molar-refractivity contribution in [2.75, 3.05) is 11.9 Å². The summed E-state index contributed by atoms with van der Waals surface area (Å²) in [5, 5.41) is 2.93. The number of rotatable bonds is 9. The molecule has 7 heteroatoms. The molecule has 0 aliphatic carbocycles. The van der Waals surface area contributed by atoms with Gasteiger partial charge >= 0.3 is 0 Å². The molecule has 0 fully saturated rings. The van der Waals surface area contributed by atoms with Crippen LogP contribution in [-0.2, 0) is 14.8 Å². The molecule has 0 aliphatic heterocycles. The number of amides is 1. The average molecular weight is 467 g/mol. The van der Waals surface area contributed by atoms with E-state index in [1.807, 2.05) is 55.5 Å². The molecule has 174 valence electrons. The van der Waals surface area contributed by atoms with Crippen LogP contribution < -0.4 is 14.8 Å². The molecule has 0 heterocycles. The van der Waals surface area contributed by atoms with Crippen molar-refractivity contribution in [3.63, 3.8) is 0 Å². The third kappa shape index (κ3) is 6.43. The minimum Gasteiger partial charge on any atom is -0.484 e. The molecule has 0 spiro atoms. The Kier molecular flexibility index (Phi) is 7.89. The van der Waals surface area contributed by atoms with Gasteiger partial charge < -0.3 is 10.1 Å². The summed E-state index contributed by atoms with van der Waals surface area (Å²) in [6.07, 6.45) is 0. The standard InChI is InChI=1S/C26H30N2O4S/c1-18(2)24-12-8-9-19(3)26(24)27-25(29)17-32-22-13-15-23(16-14-22)33(30,31)28-20(4)21-10-6-5-7-11-21/h5-16,18,20,28H,17H2,1-4H3,(H,27,29)/t20-/m1/s1. The van der Waals surface area contributed by atoms with Gasteiger partial charge in [-0.05, 0) is 60.7 Å². The number of anilines is 1. The van der Waals surface area contributed by atoms with Crippen LogP contribution in [0.2, 0.25) is 0 Å². The summed E-state index contributed by atoms with van der Waals surface area (Å²) in [4.78, 5) is 12.6. The van der Waals surface area contributed by atoms with Crippen molar-refractivity contribution in [3.05, 3.63) is 89.5 Å². The number of hydrogen-bond acceptors (Lipinski definition) is 4. The van der Waals surface area contributed by atoms with Crippen molar-refractivity contribution in [1.82, 2.24) is 4.72 Å². The van der Waals surface area contributed by atoms with Gasteiger partial charge in [0.15, 0.2) is 6.61 Å². The van der Waals surface area contributed by atoms with Crippen molar-refractivity contribution < 1.29 is 17.9 Å². The van der Waals surface area contributed by atoms with E-state index in [2.05, 4.69) is 23.9 Å². The van der Waals surface area contributed by atoms with Crippen molar-refractivity contribution >= 4 is 21.6 Å². The molecule has 2 N–H and O–H groups in total. The molecule has 0 bridgehead atoms. The van der Waals surface area contributed by atoms with E-state index < -0.39 is 10.0 Å². The van der Waals surface area contributed by atoms with Gasteiger partial charge in [-0.15, -0.1) is 0 Å². The monoisotopic (exact) mass is 466 g/mol. The van der Waals surface area contributed by atoms with Crippen LogP contribution >= 0.6 is 0 Å². The minimum absolute atomic E-state index is 0.128. The molecule has 3 aromatic carbocycles. The maximum Gasteiger partial charge on any atom is 0.262 e. The van der Waals surface area contributed by atoms with Crippen LogP contribution in [0.4, 0.5) is 5.69 Å². The van der Waals surface area contributed by atoms with Crippen LogP contribution in [0.3, 0.4) is 0 Å². The van der Waals surface area contributed by atoms with Gasteiger partial charge in [0, 0.05) is 11.7 Å². The molecule has 1 atom stereocenters. The Bertz CT molecular complexity index is 1190. The highest BCUT2D eigenvalue weighted by Crippen LogP contribution is 2.27. The summed E-state index contributed by atoms with van der Waals surface area (Å²) < 4.78 is 33.6. The van der Waals surface area contributed by atoms with Crippen molar-refractivity contribution in [2.24, 2.45) is 0 Å². The summed E-state index contributed by atoms with van der Waals surface area (Å²) in [5.74, 6) is 0.407. The lowest BCUT2D eigenvalue weighted by atomic mass is 9.98. The SMILES string of the molecule is Cc1cccc(C(C)C)c1NC(=O)COc1ccc(S(=O)(=O)N[C@H](C)c2ccccc2)cc1. The van der Waals surface area contributed by atoms with Crippen LogP contribution in [0, 0.1) is 6.92 Å². The van der Waals surface area contributed by atoms with Crippen LogP contribution in [0.15, 0.2) is 77.7 Å². The molecule has 6 nitrogen and oxygen atoms in total. The smallest absolute Gasteiger partial charge is 0.262 e. The van der Waals surface area contributed by atoms with Crippen LogP contribution in [0.5, 0.6) is 5.75 Å². The van der Waals surface area contributed by atoms with Gasteiger partial charge in [0.05, 0.1) is 4.90 Å². The number of aryl methyl sites for hydroxylation is 1. The molecule has 0 unspecified atom stereocenters. The molecule has 0 saturated heterocycles. The van der Waals surface area contributed by atoms with Gasteiger partial charge in [-0.3, -0.25) is 4.79 Å². The molecule has 3 aromatic rings. The Balaban J connectivity index is 1.60. The maximum absolute atomic E-state index is 12.7. The number of carbonyl (C=O) groups excluding carboxylic acids is 1. The van der Waals surface area contributed by atoms with Crippen LogP contribution in [-0.4, -0.2) is 20.9 Å². The summed E-state index contributed by atoms with van der Waals surface area (Å²) in [7, 11) is -3.70. The first-order valence-electron chi connectivity index (χ1n) is 10.9. The lowest BCUT2D eigenvalue weighted by Crippen LogP contribution is -2.26. The quantitative estimate of drug-likeness (QED) is 0.455. The van der Waals surface area contributed by atoms with Crippen LogP contribution in [0.1, 0.15) is 49.4 Å². The first-order chi connectivity index (χ1) is 15.7. The van der Waals surface area contributed by atoms with Gasteiger partial charge in [0.25, 0.3) is 5.91 Å². The second kappa shape index (κ2) is 10.6. The molecular weight excluding hydrogens is 436 g/mol. The van der Waals surface area contributed by atoms with E-state index in [1.54, 1.807) is 19.1 Å². The Morgan fingerprint density at radius 3 is 2.21 bits per heavy atom. The van der Waals surface area contributed by atoms with Gasteiger partial charge in [0.2, 0.25) is 10.0 Å². The van der Waals surface area contributed by atoms with Crippen molar-refractivity contribution in [1.29, 1.82) is 0 Å². The lowest BCUT2D eigenvalue weighted by Gasteiger charge is -2.17. The van der Waals surface area contributed by atoms with Crippen LogP contribution in [0.25, 0.3) is 0 Å². The zero-order valence-corrected chi connectivity index (χ0v) is 20.1. The molecule has 0 aliphatic rings. The largest absolute Gasteiger partial charge is 0.484 e. The summed E-state index contributed by atoms with van der Waals surface area (Å²) in [6, 6.07) is 20.9. The topological polar surface area (TPSA) is 84.5 Å². The highest BCUT2D eigenvalue weighted by Gasteiger charge is 2.18. The predicted octanol–water partition coefficient (Wildman–Crippen LogP) is 5.18. The average Bonchev–Trinajstić information content (AvgIpc) is 2.79. The molecule has 1 amide bonds. The van der Waals surface area contributed by atoms with Crippen molar-refractivity contribution in [3.8, 4) is 5.75 Å². The summed E-state index contributed by atoms with van der Waals surface area (Å²) >= 11 is 0. The third-order valence-electron chi connectivity index (χ3n) is 5.33. The third-order valence-corrected chi connectivity index (χ3v) is 6.88. The van der Waals surface area contributed by atoms with E-state index in [0.717, 1.165) is 22.4 Å². The molecule has 0 aromatic heterocycles. The predicted molar refractivity (Wildman–Crippen MR) is 131 cm³/mol. The van der Waals surface area contributed by atoms with E-state index in [9.17, 15) is 13.2 Å². The Morgan fingerprint density at radius 1 is 0.909 bits per heavy atom. The lowest BCUT2D eigenvalue weighted by molar-refractivity contribution is -0.118. The molecular formula is C26H30N2O4S. The van der Waals surface area contributed by atoms with E-state index in [0.29, 0.717) is 5.75 Å². The van der Waals surface area contributed by atoms with E-state index in [1.165, 1.54) is 12.1 Å². The second-order valence-electron chi connectivity index (χ2n) is 8.26. The summed E-state index contributed by atoms with van der Waals surface area (Å²) in [6.45, 7) is 7.72. The Labute approximate surface area is 196 Å². The number of sulfonamides is 1. The number of ether oxygens (including phenoxy) is 1. The first kappa shape index (κ1) is 24.5. The molecule has 0 radical (unpaired) electrons. The number of para-hydroxylation sites is 1. The normalized spacial score (nSPS) is 12.4. The zero-order chi connectivity index (χ0) is 24.0. The number of carbonyl (C=O) groups is 1. The van der Waals surface area contributed by atoms with E-state index in [4.69, 9.17) is 4.74 Å². The fraction of sp³-hybridized carbons (Fsp3) is 0.269. The van der Waals surface area contributed by atoms with Gasteiger partial charge in [-0.1, -0.05) is 62.4 Å². The van der Waals surface area contributed by atoms with E-state index >= 15 is 0 Å². The molecule has 0 saturated carbocycles. The first-order valence-corrected chi connectivity index (χ1v) is 12.3. The number of hydrogen-bond donors (Lipinski definition) is 2.